The third-order valence-electron chi connectivity index (χ3n) is 4.98. The Morgan fingerprint density at radius 2 is 1.17 bits per heavy atom. The van der Waals surface area contributed by atoms with Crippen molar-refractivity contribution in [3.05, 3.63) is 108 Å². The van der Waals surface area contributed by atoms with Crippen LogP contribution < -0.4 is 10.6 Å². The topological polar surface area (TPSA) is 78.4 Å². The fourth-order valence-electron chi connectivity index (χ4n) is 3.54. The number of carbonyl (C=O) groups excluding carboxylic acids is 1. The van der Waals surface area contributed by atoms with Gasteiger partial charge in [0.1, 0.15) is 11.6 Å². The molecule has 0 bridgehead atoms. The Kier molecular flexibility index (Phi) is 6.42. The van der Waals surface area contributed by atoms with Gasteiger partial charge in [0.15, 0.2) is 0 Å². The van der Waals surface area contributed by atoms with Gasteiger partial charge in [0, 0.05) is 0 Å². The van der Waals surface area contributed by atoms with E-state index in [1.165, 1.54) is 7.05 Å². The second-order valence-corrected chi connectivity index (χ2v) is 6.78. The van der Waals surface area contributed by atoms with Crippen molar-refractivity contribution in [3.8, 4) is 0 Å². The number of hydrogen-bond acceptors (Lipinski definition) is 3. The summed E-state index contributed by atoms with van der Waals surface area (Å²) in [5.74, 6) is -1.42. The van der Waals surface area contributed by atoms with E-state index < -0.39 is 17.6 Å². The quantitative estimate of drug-likeness (QED) is 0.518. The van der Waals surface area contributed by atoms with E-state index in [0.717, 1.165) is 16.7 Å². The standard InChI is InChI=1S/C24H24N2O3/c1-25-21(23(28)29)17-22(27)26-24(18-11-5-2-6-12-18,19-13-7-3-8-14-19)20-15-9-4-10-16-20/h2-16,21,25H,17H2,1H3,(H,26,27)(H,28,29). The van der Waals surface area contributed by atoms with Gasteiger partial charge in [-0.05, 0) is 23.7 Å². The van der Waals surface area contributed by atoms with Crippen LogP contribution in [-0.2, 0) is 15.1 Å². The maximum atomic E-state index is 13.0. The molecule has 0 aliphatic carbocycles. The third-order valence-corrected chi connectivity index (χ3v) is 4.98. The molecule has 3 aromatic rings. The Hall–Kier alpha value is -3.44. The van der Waals surface area contributed by atoms with Crippen molar-refractivity contribution in [2.24, 2.45) is 0 Å². The first kappa shape index (κ1) is 20.3. The monoisotopic (exact) mass is 388 g/mol. The van der Waals surface area contributed by atoms with Crippen molar-refractivity contribution in [3.63, 3.8) is 0 Å². The first-order valence-corrected chi connectivity index (χ1v) is 9.45. The molecule has 1 amide bonds. The molecule has 0 heterocycles. The van der Waals surface area contributed by atoms with Crippen LogP contribution in [0.1, 0.15) is 23.1 Å². The molecule has 0 saturated heterocycles. The Labute approximate surface area is 170 Å². The van der Waals surface area contributed by atoms with Crippen LogP contribution in [-0.4, -0.2) is 30.1 Å². The fraction of sp³-hybridized carbons (Fsp3) is 0.167. The van der Waals surface area contributed by atoms with Crippen LogP contribution >= 0.6 is 0 Å². The van der Waals surface area contributed by atoms with E-state index in [2.05, 4.69) is 10.6 Å². The molecule has 3 rings (SSSR count). The molecule has 0 spiro atoms. The predicted octanol–water partition coefficient (Wildman–Crippen LogP) is 3.16. The van der Waals surface area contributed by atoms with E-state index in [-0.39, 0.29) is 12.3 Å². The van der Waals surface area contributed by atoms with Gasteiger partial charge in [-0.3, -0.25) is 9.59 Å². The van der Waals surface area contributed by atoms with Gasteiger partial charge in [-0.2, -0.15) is 0 Å². The molecule has 5 heteroatoms. The van der Waals surface area contributed by atoms with Crippen LogP contribution in [0.2, 0.25) is 0 Å². The van der Waals surface area contributed by atoms with Crippen LogP contribution in [0.3, 0.4) is 0 Å². The summed E-state index contributed by atoms with van der Waals surface area (Å²) in [5.41, 5.74) is 1.73. The maximum Gasteiger partial charge on any atom is 0.321 e. The van der Waals surface area contributed by atoms with Crippen LogP contribution in [0.5, 0.6) is 0 Å². The normalized spacial score (nSPS) is 12.2. The number of rotatable bonds is 8. The summed E-state index contributed by atoms with van der Waals surface area (Å²) < 4.78 is 0. The smallest absolute Gasteiger partial charge is 0.321 e. The molecule has 3 N–H and O–H groups in total. The molecule has 0 aliphatic heterocycles. The van der Waals surface area contributed by atoms with Crippen molar-refractivity contribution in [2.45, 2.75) is 18.0 Å². The molecule has 1 unspecified atom stereocenters. The summed E-state index contributed by atoms with van der Waals surface area (Å²) >= 11 is 0. The van der Waals surface area contributed by atoms with E-state index in [1.807, 2.05) is 91.0 Å². The van der Waals surface area contributed by atoms with Crippen molar-refractivity contribution >= 4 is 11.9 Å². The van der Waals surface area contributed by atoms with Crippen LogP contribution in [0.4, 0.5) is 0 Å². The van der Waals surface area contributed by atoms with E-state index in [9.17, 15) is 14.7 Å². The lowest BCUT2D eigenvalue weighted by Gasteiger charge is -2.37. The van der Waals surface area contributed by atoms with Crippen LogP contribution in [0.25, 0.3) is 0 Å². The number of likely N-dealkylation sites (N-methyl/N-ethyl adjacent to an activating group) is 1. The van der Waals surface area contributed by atoms with Crippen molar-refractivity contribution in [2.75, 3.05) is 7.05 Å². The summed E-state index contributed by atoms with van der Waals surface area (Å²) in [5, 5.41) is 15.2. The van der Waals surface area contributed by atoms with Crippen molar-refractivity contribution in [1.82, 2.24) is 10.6 Å². The zero-order valence-electron chi connectivity index (χ0n) is 16.2. The number of carboxylic acids is 1. The molecular weight excluding hydrogens is 364 g/mol. The van der Waals surface area contributed by atoms with E-state index in [4.69, 9.17) is 0 Å². The first-order valence-electron chi connectivity index (χ1n) is 9.45. The largest absolute Gasteiger partial charge is 0.480 e. The summed E-state index contributed by atoms with van der Waals surface area (Å²) in [6.07, 6.45) is -0.180. The number of benzene rings is 3. The number of hydrogen-bond donors (Lipinski definition) is 3. The Morgan fingerprint density at radius 3 is 1.48 bits per heavy atom. The molecule has 1 atom stereocenters. The number of carbonyl (C=O) groups is 2. The lowest BCUT2D eigenvalue weighted by atomic mass is 9.77. The fourth-order valence-corrected chi connectivity index (χ4v) is 3.54. The van der Waals surface area contributed by atoms with E-state index in [0.29, 0.717) is 0 Å². The van der Waals surface area contributed by atoms with Gasteiger partial charge in [0.2, 0.25) is 5.91 Å². The average Bonchev–Trinajstić information content (AvgIpc) is 2.77. The average molecular weight is 388 g/mol. The lowest BCUT2D eigenvalue weighted by Crippen LogP contribution is -2.50. The summed E-state index contributed by atoms with van der Waals surface area (Å²) in [6.45, 7) is 0. The molecule has 0 radical (unpaired) electrons. The minimum atomic E-state index is -1.06. The van der Waals surface area contributed by atoms with E-state index in [1.54, 1.807) is 0 Å². The molecule has 0 aromatic heterocycles. The Morgan fingerprint density at radius 1 is 0.793 bits per heavy atom. The van der Waals surface area contributed by atoms with E-state index >= 15 is 0 Å². The highest BCUT2D eigenvalue weighted by Crippen LogP contribution is 2.36. The van der Waals surface area contributed by atoms with Gasteiger partial charge < -0.3 is 15.7 Å². The molecule has 29 heavy (non-hydrogen) atoms. The van der Waals surface area contributed by atoms with Crippen molar-refractivity contribution in [1.29, 1.82) is 0 Å². The molecule has 148 valence electrons. The minimum Gasteiger partial charge on any atom is -0.480 e. The number of nitrogens with one attached hydrogen (secondary N) is 2. The number of carboxylic acid groups (broad SMARTS) is 1. The highest BCUT2D eigenvalue weighted by Gasteiger charge is 2.38. The molecule has 0 saturated carbocycles. The highest BCUT2D eigenvalue weighted by atomic mass is 16.4. The second-order valence-electron chi connectivity index (χ2n) is 6.78. The Bertz CT molecular complexity index is 847. The van der Waals surface area contributed by atoms with Gasteiger partial charge >= 0.3 is 5.97 Å². The van der Waals surface area contributed by atoms with Gasteiger partial charge in [-0.25, -0.2) is 0 Å². The number of amides is 1. The maximum absolute atomic E-state index is 13.0. The zero-order chi connectivity index (χ0) is 20.7. The van der Waals surface area contributed by atoms with Gasteiger partial charge in [-0.15, -0.1) is 0 Å². The first-order chi connectivity index (χ1) is 14.1. The minimum absolute atomic E-state index is 0.180. The van der Waals surface area contributed by atoms with Crippen LogP contribution in [0.15, 0.2) is 91.0 Å². The summed E-state index contributed by atoms with van der Waals surface area (Å²) in [7, 11) is 1.53. The molecule has 0 aliphatic rings. The molecular formula is C24H24N2O3. The molecule has 3 aromatic carbocycles. The summed E-state index contributed by atoms with van der Waals surface area (Å²) in [6, 6.07) is 28.2. The Balaban J connectivity index is 2.15. The van der Waals surface area contributed by atoms with Gasteiger partial charge in [0.05, 0.1) is 6.42 Å². The van der Waals surface area contributed by atoms with Gasteiger partial charge in [-0.1, -0.05) is 91.0 Å². The molecule has 0 fully saturated rings. The summed E-state index contributed by atoms with van der Waals surface area (Å²) in [4.78, 5) is 24.4. The number of aliphatic carboxylic acids is 1. The lowest BCUT2D eigenvalue weighted by molar-refractivity contribution is -0.141. The van der Waals surface area contributed by atoms with Gasteiger partial charge in [0.25, 0.3) is 0 Å². The third kappa shape index (κ3) is 4.36. The van der Waals surface area contributed by atoms with Crippen LogP contribution in [0, 0.1) is 0 Å². The molecule has 5 nitrogen and oxygen atoms in total. The second kappa shape index (κ2) is 9.17. The SMILES string of the molecule is CNC(CC(=O)NC(c1ccccc1)(c1ccccc1)c1ccccc1)C(=O)O. The highest BCUT2D eigenvalue weighted by molar-refractivity contribution is 5.85. The predicted molar refractivity (Wildman–Crippen MR) is 112 cm³/mol. The zero-order valence-corrected chi connectivity index (χ0v) is 16.2. The van der Waals surface area contributed by atoms with Crippen molar-refractivity contribution < 1.29 is 14.7 Å².